The molecule has 1 aromatic rings. The standard InChI is InChI=1S/C7H2BrClF5NO/c8-3-2(5(10)11)1-15-6(4(3)9)16-7(12,13)14/h1,5H. The zero-order valence-corrected chi connectivity index (χ0v) is 9.50. The van der Waals surface area contributed by atoms with Crippen molar-refractivity contribution in [3.63, 3.8) is 0 Å². The maximum atomic E-state index is 12.3. The molecule has 0 atom stereocenters. The largest absolute Gasteiger partial charge is 0.574 e. The number of hydrogen-bond donors (Lipinski definition) is 0. The van der Waals surface area contributed by atoms with E-state index < -0.39 is 29.3 Å². The minimum Gasteiger partial charge on any atom is -0.386 e. The van der Waals surface area contributed by atoms with Crippen molar-refractivity contribution in [1.29, 1.82) is 0 Å². The predicted molar refractivity (Wildman–Crippen MR) is 48.6 cm³/mol. The summed E-state index contributed by atoms with van der Waals surface area (Å²) in [6.45, 7) is 0. The lowest BCUT2D eigenvalue weighted by atomic mass is 10.3. The minimum absolute atomic E-state index is 0.376. The van der Waals surface area contributed by atoms with Gasteiger partial charge in [-0.15, -0.1) is 13.2 Å². The summed E-state index contributed by atoms with van der Waals surface area (Å²) < 4.78 is 63.1. The molecule has 90 valence electrons. The number of nitrogens with zero attached hydrogens (tertiary/aromatic N) is 1. The molecule has 16 heavy (non-hydrogen) atoms. The average molecular weight is 326 g/mol. The lowest BCUT2D eigenvalue weighted by Gasteiger charge is -2.11. The van der Waals surface area contributed by atoms with Crippen LogP contribution >= 0.6 is 27.5 Å². The molecule has 2 nitrogen and oxygen atoms in total. The Balaban J connectivity index is 3.12. The van der Waals surface area contributed by atoms with Gasteiger partial charge in [0.2, 0.25) is 5.88 Å². The van der Waals surface area contributed by atoms with Crippen molar-refractivity contribution in [3.05, 3.63) is 21.3 Å². The molecule has 0 N–H and O–H groups in total. The van der Waals surface area contributed by atoms with Crippen LogP contribution in [0.15, 0.2) is 10.7 Å². The third kappa shape index (κ3) is 3.18. The van der Waals surface area contributed by atoms with Gasteiger partial charge in [0, 0.05) is 6.20 Å². The summed E-state index contributed by atoms with van der Waals surface area (Å²) >= 11 is 8.02. The Morgan fingerprint density at radius 2 is 1.94 bits per heavy atom. The lowest BCUT2D eigenvalue weighted by molar-refractivity contribution is -0.276. The Bertz CT molecular complexity index is 397. The van der Waals surface area contributed by atoms with Gasteiger partial charge in [-0.05, 0) is 15.9 Å². The van der Waals surface area contributed by atoms with E-state index in [4.69, 9.17) is 11.6 Å². The summed E-state index contributed by atoms with van der Waals surface area (Å²) in [4.78, 5) is 3.06. The summed E-state index contributed by atoms with van der Waals surface area (Å²) in [5.74, 6) is -0.981. The van der Waals surface area contributed by atoms with Crippen molar-refractivity contribution in [2.75, 3.05) is 0 Å². The smallest absolute Gasteiger partial charge is 0.386 e. The maximum absolute atomic E-state index is 12.3. The number of pyridine rings is 1. The molecule has 1 aromatic heterocycles. The summed E-state index contributed by atoms with van der Waals surface area (Å²) in [5.41, 5.74) is -0.612. The number of aromatic nitrogens is 1. The van der Waals surface area contributed by atoms with Crippen LogP contribution in [0, 0.1) is 0 Å². The van der Waals surface area contributed by atoms with E-state index in [9.17, 15) is 22.0 Å². The van der Waals surface area contributed by atoms with Crippen LogP contribution in [0.2, 0.25) is 5.02 Å². The van der Waals surface area contributed by atoms with Crippen LogP contribution in [0.25, 0.3) is 0 Å². The molecular weight excluding hydrogens is 324 g/mol. The molecule has 0 aliphatic carbocycles. The Hall–Kier alpha value is -0.630. The van der Waals surface area contributed by atoms with E-state index in [0.29, 0.717) is 6.20 Å². The summed E-state index contributed by atoms with van der Waals surface area (Å²) in [6.07, 6.45) is -7.33. The highest BCUT2D eigenvalue weighted by Gasteiger charge is 2.33. The van der Waals surface area contributed by atoms with E-state index >= 15 is 0 Å². The van der Waals surface area contributed by atoms with Gasteiger partial charge in [0.1, 0.15) is 5.02 Å². The third-order valence-electron chi connectivity index (χ3n) is 1.40. The van der Waals surface area contributed by atoms with Gasteiger partial charge in [-0.1, -0.05) is 11.6 Å². The normalized spacial score (nSPS) is 12.0. The van der Waals surface area contributed by atoms with Gasteiger partial charge in [0.15, 0.2) is 0 Å². The topological polar surface area (TPSA) is 22.1 Å². The SMILES string of the molecule is FC(F)c1cnc(OC(F)(F)F)c(Cl)c1Br. The van der Waals surface area contributed by atoms with Crippen LogP contribution in [-0.2, 0) is 0 Å². The Morgan fingerprint density at radius 3 is 2.38 bits per heavy atom. The van der Waals surface area contributed by atoms with Crippen molar-refractivity contribution in [2.45, 2.75) is 12.8 Å². The van der Waals surface area contributed by atoms with E-state index in [2.05, 4.69) is 25.7 Å². The van der Waals surface area contributed by atoms with Crippen LogP contribution in [0.4, 0.5) is 22.0 Å². The molecular formula is C7H2BrClF5NO. The zero-order chi connectivity index (χ0) is 12.5. The monoisotopic (exact) mass is 325 g/mol. The maximum Gasteiger partial charge on any atom is 0.574 e. The van der Waals surface area contributed by atoms with Crippen molar-refractivity contribution in [2.24, 2.45) is 0 Å². The molecule has 0 spiro atoms. The second-order valence-electron chi connectivity index (χ2n) is 2.50. The van der Waals surface area contributed by atoms with Gasteiger partial charge in [0.25, 0.3) is 6.43 Å². The first-order valence-electron chi connectivity index (χ1n) is 3.60. The highest BCUT2D eigenvalue weighted by atomic mass is 79.9. The highest BCUT2D eigenvalue weighted by molar-refractivity contribution is 9.10. The molecule has 0 aliphatic rings. The van der Waals surface area contributed by atoms with Gasteiger partial charge in [-0.3, -0.25) is 0 Å². The molecule has 0 bridgehead atoms. The first-order chi connectivity index (χ1) is 7.22. The fraction of sp³-hybridized carbons (Fsp3) is 0.286. The van der Waals surface area contributed by atoms with Crippen molar-refractivity contribution in [1.82, 2.24) is 4.98 Å². The molecule has 0 saturated heterocycles. The van der Waals surface area contributed by atoms with E-state index in [0.717, 1.165) is 0 Å². The molecule has 9 heteroatoms. The van der Waals surface area contributed by atoms with Gasteiger partial charge >= 0.3 is 6.36 Å². The second kappa shape index (κ2) is 4.70. The molecule has 1 heterocycles. The molecule has 0 saturated carbocycles. The van der Waals surface area contributed by atoms with Gasteiger partial charge in [-0.2, -0.15) is 0 Å². The van der Waals surface area contributed by atoms with Crippen molar-refractivity contribution < 1.29 is 26.7 Å². The van der Waals surface area contributed by atoms with Gasteiger partial charge < -0.3 is 4.74 Å². The van der Waals surface area contributed by atoms with Crippen LogP contribution in [0.3, 0.4) is 0 Å². The minimum atomic E-state index is -4.98. The molecule has 1 rings (SSSR count). The third-order valence-corrected chi connectivity index (χ3v) is 2.84. The van der Waals surface area contributed by atoms with E-state index in [1.165, 1.54) is 0 Å². The molecule has 0 aliphatic heterocycles. The number of ether oxygens (including phenoxy) is 1. The van der Waals surface area contributed by atoms with Crippen LogP contribution < -0.4 is 4.74 Å². The summed E-state index contributed by atoms with van der Waals surface area (Å²) in [7, 11) is 0. The first-order valence-corrected chi connectivity index (χ1v) is 4.77. The fourth-order valence-corrected chi connectivity index (χ4v) is 1.44. The van der Waals surface area contributed by atoms with Crippen molar-refractivity contribution >= 4 is 27.5 Å². The fourth-order valence-electron chi connectivity index (χ4n) is 0.795. The second-order valence-corrected chi connectivity index (χ2v) is 3.67. The summed E-state index contributed by atoms with van der Waals surface area (Å²) in [6, 6.07) is 0. The molecule has 0 unspecified atom stereocenters. The quantitative estimate of drug-likeness (QED) is 0.755. The summed E-state index contributed by atoms with van der Waals surface area (Å²) in [5, 5.41) is -0.657. The number of hydrogen-bond acceptors (Lipinski definition) is 2. The molecule has 0 fully saturated rings. The first kappa shape index (κ1) is 13.4. The Morgan fingerprint density at radius 1 is 1.38 bits per heavy atom. The van der Waals surface area contributed by atoms with Crippen molar-refractivity contribution in [3.8, 4) is 5.88 Å². The molecule has 0 aromatic carbocycles. The molecule has 0 radical (unpaired) electrons. The number of alkyl halides is 5. The van der Waals surface area contributed by atoms with Crippen LogP contribution in [0.1, 0.15) is 12.0 Å². The number of rotatable bonds is 2. The van der Waals surface area contributed by atoms with E-state index in [1.54, 1.807) is 0 Å². The van der Waals surface area contributed by atoms with Gasteiger partial charge in [0.05, 0.1) is 10.0 Å². The Kier molecular flexibility index (Phi) is 3.95. The number of halogens is 7. The average Bonchev–Trinajstić information content (AvgIpc) is 2.10. The van der Waals surface area contributed by atoms with Crippen LogP contribution in [0.5, 0.6) is 5.88 Å². The van der Waals surface area contributed by atoms with Gasteiger partial charge in [-0.25, -0.2) is 13.8 Å². The zero-order valence-electron chi connectivity index (χ0n) is 7.16. The van der Waals surface area contributed by atoms with E-state index in [1.807, 2.05) is 0 Å². The van der Waals surface area contributed by atoms with Crippen LogP contribution in [-0.4, -0.2) is 11.3 Å². The van der Waals surface area contributed by atoms with E-state index in [-0.39, 0.29) is 4.47 Å². The molecule has 0 amide bonds. The predicted octanol–water partition coefficient (Wildman–Crippen LogP) is 4.33. The highest BCUT2D eigenvalue weighted by Crippen LogP contribution is 2.38. The lowest BCUT2D eigenvalue weighted by Crippen LogP contribution is -2.18. The Labute approximate surface area is 99.5 Å².